The molecule has 0 spiro atoms. The van der Waals surface area contributed by atoms with Crippen LogP contribution in [0.3, 0.4) is 0 Å². The van der Waals surface area contributed by atoms with Gasteiger partial charge in [0.1, 0.15) is 11.9 Å². The van der Waals surface area contributed by atoms with Crippen molar-refractivity contribution >= 4 is 23.0 Å². The average molecular weight is 464 g/mol. The van der Waals surface area contributed by atoms with Crippen molar-refractivity contribution in [3.8, 4) is 5.75 Å². The van der Waals surface area contributed by atoms with E-state index in [2.05, 4.69) is 15.5 Å². The molecule has 4 rings (SSSR count). The van der Waals surface area contributed by atoms with Crippen LogP contribution in [0.5, 0.6) is 5.75 Å². The maximum absolute atomic E-state index is 14.2. The van der Waals surface area contributed by atoms with Gasteiger partial charge in [0.25, 0.3) is 0 Å². The van der Waals surface area contributed by atoms with Crippen LogP contribution in [0.2, 0.25) is 0 Å². The maximum atomic E-state index is 14.2. The summed E-state index contributed by atoms with van der Waals surface area (Å²) >= 11 is 0. The zero-order chi connectivity index (χ0) is 24.4. The van der Waals surface area contributed by atoms with Crippen LogP contribution < -0.4 is 21.6 Å². The van der Waals surface area contributed by atoms with E-state index in [4.69, 9.17) is 26.6 Å². The smallest absolute Gasteiger partial charge is 0.166 e. The molecule has 1 aliphatic carbocycles. The number of nitrogen functional groups attached to an aromatic ring is 1. The van der Waals surface area contributed by atoms with Crippen molar-refractivity contribution in [1.82, 2.24) is 10.4 Å². The van der Waals surface area contributed by atoms with Crippen LogP contribution in [-0.2, 0) is 0 Å². The van der Waals surface area contributed by atoms with Crippen molar-refractivity contribution in [3.05, 3.63) is 64.2 Å². The number of ether oxygens (including phenoxy) is 1. The highest BCUT2D eigenvalue weighted by Gasteiger charge is 2.27. The van der Waals surface area contributed by atoms with Gasteiger partial charge in [-0.25, -0.2) is 9.37 Å². The first kappa shape index (κ1) is 23.4. The van der Waals surface area contributed by atoms with Gasteiger partial charge in [0, 0.05) is 54.2 Å². The molecule has 34 heavy (non-hydrogen) atoms. The van der Waals surface area contributed by atoms with E-state index < -0.39 is 11.9 Å². The first-order valence-electron chi connectivity index (χ1n) is 11.3. The van der Waals surface area contributed by atoms with E-state index in [1.165, 1.54) is 12.1 Å². The molecule has 1 aliphatic heterocycles. The highest BCUT2D eigenvalue weighted by molar-refractivity contribution is 6.48. The monoisotopic (exact) mass is 463 g/mol. The molecule has 2 aliphatic rings. The van der Waals surface area contributed by atoms with Gasteiger partial charge in [0.05, 0.1) is 17.1 Å². The van der Waals surface area contributed by atoms with Gasteiger partial charge >= 0.3 is 0 Å². The van der Waals surface area contributed by atoms with Crippen LogP contribution in [0.15, 0.2) is 51.8 Å². The van der Waals surface area contributed by atoms with Crippen LogP contribution in [0.25, 0.3) is 0 Å². The van der Waals surface area contributed by atoms with E-state index in [0.717, 1.165) is 18.4 Å². The van der Waals surface area contributed by atoms with E-state index in [1.54, 1.807) is 32.3 Å². The standard InChI is InChI=1S/C25H30FN7O/c1-13(27)19-10-21(33-30-3)23(28)18-7-6-17(26)9-20(18)14(2)34-22-8-16(12-32-25(22)29)24(19)31-11-15-4-5-15/h6-9,12,14-15,28,30H,4-5,10-11,27H2,1-3H3,(H2,29,32)/b19-13?,28-23?,31-24?,33-21-. The summed E-state index contributed by atoms with van der Waals surface area (Å²) in [5.74, 6) is 0.726. The molecular weight excluding hydrogens is 433 g/mol. The second-order valence-corrected chi connectivity index (χ2v) is 8.73. The van der Waals surface area contributed by atoms with Gasteiger partial charge < -0.3 is 21.6 Å². The van der Waals surface area contributed by atoms with Gasteiger partial charge in [-0.2, -0.15) is 5.10 Å². The predicted molar refractivity (Wildman–Crippen MR) is 133 cm³/mol. The van der Waals surface area contributed by atoms with Crippen LogP contribution in [0, 0.1) is 17.1 Å². The summed E-state index contributed by atoms with van der Waals surface area (Å²) in [4.78, 5) is 9.26. The molecular formula is C25H30FN7O. The Bertz CT molecular complexity index is 1210. The number of halogens is 1. The van der Waals surface area contributed by atoms with Gasteiger partial charge in [-0.15, -0.1) is 0 Å². The molecule has 0 saturated heterocycles. The van der Waals surface area contributed by atoms with Gasteiger partial charge in [-0.1, -0.05) is 0 Å². The van der Waals surface area contributed by atoms with Crippen molar-refractivity contribution in [2.45, 2.75) is 39.2 Å². The van der Waals surface area contributed by atoms with Crippen LogP contribution in [-0.4, -0.2) is 35.7 Å². The molecule has 1 aromatic carbocycles. The van der Waals surface area contributed by atoms with Gasteiger partial charge in [0.2, 0.25) is 0 Å². The Morgan fingerprint density at radius 3 is 2.76 bits per heavy atom. The van der Waals surface area contributed by atoms with Crippen molar-refractivity contribution in [3.63, 3.8) is 0 Å². The Hall–Kier alpha value is -3.75. The zero-order valence-corrected chi connectivity index (χ0v) is 19.7. The molecule has 2 heterocycles. The van der Waals surface area contributed by atoms with E-state index in [-0.39, 0.29) is 18.0 Å². The number of nitrogens with zero attached hydrogens (tertiary/aromatic N) is 3. The number of hydrogen-bond donors (Lipinski definition) is 4. The second kappa shape index (κ2) is 9.62. The molecule has 2 bridgehead atoms. The third-order valence-corrected chi connectivity index (χ3v) is 6.03. The van der Waals surface area contributed by atoms with Gasteiger partial charge in [0.15, 0.2) is 11.6 Å². The van der Waals surface area contributed by atoms with E-state index >= 15 is 0 Å². The number of aromatic nitrogens is 1. The molecule has 1 aromatic heterocycles. The number of rotatable bonds is 3. The number of anilines is 1. The van der Waals surface area contributed by atoms with E-state index in [1.807, 2.05) is 6.92 Å². The van der Waals surface area contributed by atoms with Gasteiger partial charge in [-0.05, 0) is 56.9 Å². The molecule has 2 aromatic rings. The number of hydrazone groups is 1. The minimum absolute atomic E-state index is 0.149. The average Bonchev–Trinajstić information content (AvgIpc) is 3.63. The fourth-order valence-electron chi connectivity index (χ4n) is 3.96. The maximum Gasteiger partial charge on any atom is 0.166 e. The first-order valence-corrected chi connectivity index (χ1v) is 11.3. The molecule has 178 valence electrons. The lowest BCUT2D eigenvalue weighted by Crippen LogP contribution is -2.25. The van der Waals surface area contributed by atoms with Crippen LogP contribution >= 0.6 is 0 Å². The lowest BCUT2D eigenvalue weighted by Gasteiger charge is -2.23. The third kappa shape index (κ3) is 4.93. The molecule has 1 atom stereocenters. The summed E-state index contributed by atoms with van der Waals surface area (Å²) in [6.07, 6.45) is 3.64. The Labute approximate surface area is 198 Å². The SMILES string of the molecule is CN/N=C1/CC(=C(C)N)C(=NCC2CC2)c2cnc(N)c(c2)OC(C)c2cc(F)ccc2C1=N. The number of nitrogens with one attached hydrogen (secondary N) is 2. The predicted octanol–water partition coefficient (Wildman–Crippen LogP) is 3.72. The summed E-state index contributed by atoms with van der Waals surface area (Å²) < 4.78 is 20.4. The first-order chi connectivity index (χ1) is 16.3. The Morgan fingerprint density at radius 1 is 1.32 bits per heavy atom. The fraction of sp³-hybridized carbons (Fsp3) is 0.360. The van der Waals surface area contributed by atoms with E-state index in [9.17, 15) is 4.39 Å². The molecule has 8 nitrogen and oxygen atoms in total. The van der Waals surface area contributed by atoms with Crippen molar-refractivity contribution < 1.29 is 9.13 Å². The minimum atomic E-state index is -0.598. The lowest BCUT2D eigenvalue weighted by molar-refractivity contribution is 0.227. The number of pyridine rings is 1. The largest absolute Gasteiger partial charge is 0.482 e. The molecule has 0 radical (unpaired) electrons. The lowest BCUT2D eigenvalue weighted by atomic mass is 9.90. The zero-order valence-electron chi connectivity index (χ0n) is 19.7. The summed E-state index contributed by atoms with van der Waals surface area (Å²) in [5, 5.41) is 13.4. The van der Waals surface area contributed by atoms with Crippen LogP contribution in [0.1, 0.15) is 55.9 Å². The summed E-state index contributed by atoms with van der Waals surface area (Å²) in [6.45, 7) is 4.28. The Kier molecular flexibility index (Phi) is 6.63. The quantitative estimate of drug-likeness (QED) is 0.515. The summed E-state index contributed by atoms with van der Waals surface area (Å²) in [6, 6.07) is 6.07. The Morgan fingerprint density at radius 2 is 2.09 bits per heavy atom. The molecule has 9 heteroatoms. The molecule has 0 amide bonds. The summed E-state index contributed by atoms with van der Waals surface area (Å²) in [7, 11) is 1.67. The summed E-state index contributed by atoms with van der Waals surface area (Å²) in [5.41, 5.74) is 19.6. The normalized spacial score (nSPS) is 22.5. The van der Waals surface area contributed by atoms with Crippen molar-refractivity contribution in [2.24, 2.45) is 21.7 Å². The highest BCUT2D eigenvalue weighted by atomic mass is 19.1. The third-order valence-electron chi connectivity index (χ3n) is 6.03. The van der Waals surface area contributed by atoms with Crippen molar-refractivity contribution in [1.29, 1.82) is 5.41 Å². The number of fused-ring (bicyclic) bond motifs is 3. The Balaban J connectivity index is 1.95. The fourth-order valence-corrected chi connectivity index (χ4v) is 3.96. The van der Waals surface area contributed by atoms with Gasteiger partial charge in [-0.3, -0.25) is 10.4 Å². The highest BCUT2D eigenvalue weighted by Crippen LogP contribution is 2.33. The second-order valence-electron chi connectivity index (χ2n) is 8.73. The minimum Gasteiger partial charge on any atom is -0.482 e. The number of hydrogen-bond acceptors (Lipinski definition) is 8. The number of nitrogens with two attached hydrogens (primary N) is 2. The number of benzene rings is 1. The number of aliphatic imine (C=N–C) groups is 1. The van der Waals surface area contributed by atoms with Crippen molar-refractivity contribution in [2.75, 3.05) is 19.3 Å². The van der Waals surface area contributed by atoms with Crippen LogP contribution in [0.4, 0.5) is 10.2 Å². The molecule has 1 fully saturated rings. The topological polar surface area (TPSA) is 135 Å². The molecule has 6 N–H and O–H groups in total. The number of allylic oxidation sites excluding steroid dienone is 2. The molecule has 1 saturated carbocycles. The molecule has 1 unspecified atom stereocenters. The van der Waals surface area contributed by atoms with E-state index in [0.29, 0.717) is 52.0 Å².